The van der Waals surface area contributed by atoms with Crippen LogP contribution in [0, 0.1) is 6.92 Å². The smallest absolute Gasteiger partial charge is 0.244 e. The Bertz CT molecular complexity index is 1000. The van der Waals surface area contributed by atoms with E-state index in [1.165, 1.54) is 0 Å². The number of imidazole rings is 1. The summed E-state index contributed by atoms with van der Waals surface area (Å²) in [5.74, 6) is 1.42. The van der Waals surface area contributed by atoms with Crippen molar-refractivity contribution in [1.82, 2.24) is 24.2 Å². The molecule has 1 N–H and O–H groups in total. The van der Waals surface area contributed by atoms with E-state index < -0.39 is 10.0 Å². The van der Waals surface area contributed by atoms with E-state index >= 15 is 0 Å². The van der Waals surface area contributed by atoms with Crippen LogP contribution in [-0.4, -0.2) is 41.1 Å². The van der Waals surface area contributed by atoms with Crippen molar-refractivity contribution < 1.29 is 13.2 Å². The van der Waals surface area contributed by atoms with Gasteiger partial charge in [-0.3, -0.25) is 0 Å². The van der Waals surface area contributed by atoms with Crippen LogP contribution in [0.4, 0.5) is 0 Å². The van der Waals surface area contributed by atoms with Gasteiger partial charge in [-0.25, -0.2) is 28.1 Å². The molecular weight excluding hydrogens is 366 g/mol. The summed E-state index contributed by atoms with van der Waals surface area (Å²) in [6.45, 7) is 4.63. The standard InChI is InChI=1S/C18H21N5O3S/c1-3-26-15-6-5-14(2)13-16(15)27(24,25)22-10-12-23-11-9-21-18(23)17-19-7-4-8-20-17/h4-9,11,13,22H,3,10,12H2,1-2H3. The molecule has 8 nitrogen and oxygen atoms in total. The third-order valence-electron chi connectivity index (χ3n) is 3.81. The van der Waals surface area contributed by atoms with Gasteiger partial charge in [0.05, 0.1) is 6.61 Å². The van der Waals surface area contributed by atoms with Gasteiger partial charge < -0.3 is 9.30 Å². The molecule has 0 saturated carbocycles. The highest BCUT2D eigenvalue weighted by atomic mass is 32.2. The van der Waals surface area contributed by atoms with E-state index in [1.807, 2.05) is 19.9 Å². The van der Waals surface area contributed by atoms with Crippen LogP contribution in [0.5, 0.6) is 5.75 Å². The predicted molar refractivity (Wildman–Crippen MR) is 101 cm³/mol. The van der Waals surface area contributed by atoms with Gasteiger partial charge in [-0.2, -0.15) is 0 Å². The molecule has 0 amide bonds. The first kappa shape index (κ1) is 19.0. The Kier molecular flexibility index (Phi) is 5.82. The summed E-state index contributed by atoms with van der Waals surface area (Å²) in [6, 6.07) is 6.83. The number of hydrogen-bond donors (Lipinski definition) is 1. The van der Waals surface area contributed by atoms with Crippen molar-refractivity contribution in [2.24, 2.45) is 0 Å². The van der Waals surface area contributed by atoms with Gasteiger partial charge in [-0.1, -0.05) is 6.07 Å². The van der Waals surface area contributed by atoms with E-state index in [0.29, 0.717) is 30.5 Å². The fourth-order valence-electron chi connectivity index (χ4n) is 2.59. The molecule has 0 aliphatic carbocycles. The molecule has 2 aromatic heterocycles. The highest BCUT2D eigenvalue weighted by molar-refractivity contribution is 7.89. The van der Waals surface area contributed by atoms with Gasteiger partial charge in [0, 0.05) is 37.9 Å². The second-order valence-corrected chi connectivity index (χ2v) is 7.53. The molecule has 0 radical (unpaired) electrons. The molecule has 0 spiro atoms. The van der Waals surface area contributed by atoms with Crippen LogP contribution in [0.1, 0.15) is 12.5 Å². The molecule has 0 aliphatic heterocycles. The minimum absolute atomic E-state index is 0.140. The Morgan fingerprint density at radius 1 is 1.15 bits per heavy atom. The SMILES string of the molecule is CCOc1ccc(C)cc1S(=O)(=O)NCCn1ccnc1-c1ncccn1. The summed E-state index contributed by atoms with van der Waals surface area (Å²) in [6.07, 6.45) is 6.67. The zero-order chi connectivity index (χ0) is 19.3. The van der Waals surface area contributed by atoms with Crippen LogP contribution in [0.15, 0.2) is 53.9 Å². The van der Waals surface area contributed by atoms with Crippen molar-refractivity contribution in [2.45, 2.75) is 25.3 Å². The van der Waals surface area contributed by atoms with Gasteiger partial charge in [-0.15, -0.1) is 0 Å². The lowest BCUT2D eigenvalue weighted by atomic mass is 10.2. The predicted octanol–water partition coefficient (Wildman–Crippen LogP) is 2.03. The summed E-state index contributed by atoms with van der Waals surface area (Å²) < 4.78 is 35.3. The van der Waals surface area contributed by atoms with Gasteiger partial charge in [0.25, 0.3) is 0 Å². The molecule has 0 aliphatic rings. The fraction of sp³-hybridized carbons (Fsp3) is 0.278. The van der Waals surface area contributed by atoms with Gasteiger partial charge in [0.1, 0.15) is 10.6 Å². The van der Waals surface area contributed by atoms with Gasteiger partial charge >= 0.3 is 0 Å². The topological polar surface area (TPSA) is 99.0 Å². The van der Waals surface area contributed by atoms with E-state index in [1.54, 1.807) is 47.6 Å². The summed E-state index contributed by atoms with van der Waals surface area (Å²) in [7, 11) is -3.71. The van der Waals surface area contributed by atoms with E-state index in [2.05, 4.69) is 19.7 Å². The quantitative estimate of drug-likeness (QED) is 0.635. The van der Waals surface area contributed by atoms with Crippen LogP contribution in [0.25, 0.3) is 11.6 Å². The van der Waals surface area contributed by atoms with Crippen LogP contribution in [0.2, 0.25) is 0 Å². The zero-order valence-electron chi connectivity index (χ0n) is 15.2. The molecule has 2 heterocycles. The first-order chi connectivity index (χ1) is 13.0. The highest BCUT2D eigenvalue weighted by Gasteiger charge is 2.20. The number of ether oxygens (including phenoxy) is 1. The number of aryl methyl sites for hydroxylation is 1. The van der Waals surface area contributed by atoms with Crippen LogP contribution >= 0.6 is 0 Å². The zero-order valence-corrected chi connectivity index (χ0v) is 16.0. The maximum absolute atomic E-state index is 12.7. The van der Waals surface area contributed by atoms with E-state index in [0.717, 1.165) is 5.56 Å². The van der Waals surface area contributed by atoms with Crippen LogP contribution in [-0.2, 0) is 16.6 Å². The lowest BCUT2D eigenvalue weighted by Crippen LogP contribution is -2.28. The minimum atomic E-state index is -3.71. The second-order valence-electron chi connectivity index (χ2n) is 5.80. The number of nitrogens with zero attached hydrogens (tertiary/aromatic N) is 4. The normalized spacial score (nSPS) is 11.5. The van der Waals surface area contributed by atoms with Gasteiger partial charge in [0.2, 0.25) is 10.0 Å². The molecule has 3 aromatic rings. The van der Waals surface area contributed by atoms with Crippen molar-refractivity contribution in [2.75, 3.05) is 13.2 Å². The maximum atomic E-state index is 12.7. The van der Waals surface area contributed by atoms with E-state index in [4.69, 9.17) is 4.74 Å². The summed E-state index contributed by atoms with van der Waals surface area (Å²) in [4.78, 5) is 12.7. The monoisotopic (exact) mass is 387 g/mol. The Morgan fingerprint density at radius 2 is 1.93 bits per heavy atom. The van der Waals surface area contributed by atoms with Crippen LogP contribution in [0.3, 0.4) is 0 Å². The fourth-order valence-corrected chi connectivity index (χ4v) is 3.84. The maximum Gasteiger partial charge on any atom is 0.244 e. The van der Waals surface area contributed by atoms with E-state index in [-0.39, 0.29) is 11.4 Å². The number of rotatable bonds is 8. The van der Waals surface area contributed by atoms with Crippen molar-refractivity contribution in [1.29, 1.82) is 0 Å². The Balaban J connectivity index is 1.73. The highest BCUT2D eigenvalue weighted by Crippen LogP contribution is 2.25. The summed E-state index contributed by atoms with van der Waals surface area (Å²) in [5.41, 5.74) is 0.844. The average Bonchev–Trinajstić information content (AvgIpc) is 3.12. The largest absolute Gasteiger partial charge is 0.492 e. The Morgan fingerprint density at radius 3 is 2.67 bits per heavy atom. The number of sulfonamides is 1. The number of aromatic nitrogens is 4. The second kappa shape index (κ2) is 8.28. The molecule has 9 heteroatoms. The van der Waals surface area contributed by atoms with E-state index in [9.17, 15) is 8.42 Å². The Hall–Kier alpha value is -2.78. The van der Waals surface area contributed by atoms with Gasteiger partial charge in [-0.05, 0) is 37.6 Å². The van der Waals surface area contributed by atoms with Gasteiger partial charge in [0.15, 0.2) is 11.6 Å². The third-order valence-corrected chi connectivity index (χ3v) is 5.30. The molecule has 142 valence electrons. The molecule has 0 unspecified atom stereocenters. The molecule has 0 bridgehead atoms. The first-order valence-corrected chi connectivity index (χ1v) is 10.0. The lowest BCUT2D eigenvalue weighted by molar-refractivity contribution is 0.331. The molecule has 0 fully saturated rings. The molecule has 0 saturated heterocycles. The number of nitrogens with one attached hydrogen (secondary N) is 1. The Labute approximate surface area is 158 Å². The lowest BCUT2D eigenvalue weighted by Gasteiger charge is -2.13. The molecule has 27 heavy (non-hydrogen) atoms. The van der Waals surface area contributed by atoms with Crippen LogP contribution < -0.4 is 9.46 Å². The van der Waals surface area contributed by atoms with Crippen molar-refractivity contribution in [3.05, 3.63) is 54.6 Å². The molecule has 1 aromatic carbocycles. The number of benzene rings is 1. The van der Waals surface area contributed by atoms with Crippen molar-refractivity contribution in [3.63, 3.8) is 0 Å². The first-order valence-electron chi connectivity index (χ1n) is 8.53. The third kappa shape index (κ3) is 4.50. The average molecular weight is 387 g/mol. The molecule has 0 atom stereocenters. The summed E-state index contributed by atoms with van der Waals surface area (Å²) >= 11 is 0. The number of hydrogen-bond acceptors (Lipinski definition) is 6. The molecule has 3 rings (SSSR count). The summed E-state index contributed by atoms with van der Waals surface area (Å²) in [5, 5.41) is 0. The minimum Gasteiger partial charge on any atom is -0.492 e. The van der Waals surface area contributed by atoms with Crippen molar-refractivity contribution in [3.8, 4) is 17.4 Å². The van der Waals surface area contributed by atoms with Crippen molar-refractivity contribution >= 4 is 10.0 Å². The molecular formula is C18H21N5O3S.